The normalized spacial score (nSPS) is 15.2. The van der Waals surface area contributed by atoms with Crippen LogP contribution >= 0.6 is 0 Å². The van der Waals surface area contributed by atoms with Gasteiger partial charge < -0.3 is 14.2 Å². The first-order valence-corrected chi connectivity index (χ1v) is 8.98. The maximum atomic E-state index is 12.7. The van der Waals surface area contributed by atoms with Crippen LogP contribution in [0.1, 0.15) is 42.9 Å². The average molecular weight is 343 g/mol. The Morgan fingerprint density at radius 1 is 1.12 bits per heavy atom. The highest BCUT2D eigenvalue weighted by atomic mass is 16.3. The molecule has 2 aromatic rings. The van der Waals surface area contributed by atoms with Crippen molar-refractivity contribution in [1.82, 2.24) is 14.8 Å². The fraction of sp³-hybridized carbons (Fsp3) is 0.526. The number of rotatable bonds is 4. The lowest BCUT2D eigenvalue weighted by Gasteiger charge is -2.36. The molecule has 0 N–H and O–H groups in total. The fourth-order valence-electron chi connectivity index (χ4n) is 3.38. The Bertz CT molecular complexity index is 771. The molecule has 0 spiro atoms. The predicted octanol–water partition coefficient (Wildman–Crippen LogP) is 2.86. The molecule has 0 unspecified atom stereocenters. The largest absolute Gasteiger partial charge is 0.441 e. The second-order valence-corrected chi connectivity index (χ2v) is 6.55. The van der Waals surface area contributed by atoms with Crippen molar-refractivity contribution in [2.45, 2.75) is 33.6 Å². The summed E-state index contributed by atoms with van der Waals surface area (Å²) >= 11 is 0. The number of piperazine rings is 1. The summed E-state index contributed by atoms with van der Waals surface area (Å²) in [6, 6.07) is 5.34. The van der Waals surface area contributed by atoms with Crippen molar-refractivity contribution in [1.29, 1.82) is 0 Å². The number of hydrogen-bond donors (Lipinski definition) is 0. The zero-order valence-electron chi connectivity index (χ0n) is 15.1. The molecule has 0 radical (unpaired) electrons. The molecule has 134 valence electrons. The van der Waals surface area contributed by atoms with Crippen LogP contribution in [-0.2, 0) is 4.79 Å². The lowest BCUT2D eigenvalue weighted by molar-refractivity contribution is -0.137. The monoisotopic (exact) mass is 343 g/mol. The average Bonchev–Trinajstić information content (AvgIpc) is 3.01. The topological polar surface area (TPSA) is 66.7 Å². The Balaban J connectivity index is 1.65. The number of aryl methyl sites for hydroxylation is 1. The lowest BCUT2D eigenvalue weighted by atomic mass is 10.0. The molecule has 1 aromatic carbocycles. The molecule has 1 aliphatic heterocycles. The first-order chi connectivity index (χ1) is 12.0. The summed E-state index contributed by atoms with van der Waals surface area (Å²) in [6.07, 6.45) is 1.73. The number of aromatic nitrogens is 1. The van der Waals surface area contributed by atoms with Crippen molar-refractivity contribution in [2.24, 2.45) is 5.92 Å². The molecule has 0 atom stereocenters. The molecule has 25 heavy (non-hydrogen) atoms. The summed E-state index contributed by atoms with van der Waals surface area (Å²) in [4.78, 5) is 33.2. The van der Waals surface area contributed by atoms with Gasteiger partial charge in [-0.15, -0.1) is 0 Å². The molecule has 0 saturated carbocycles. The van der Waals surface area contributed by atoms with Gasteiger partial charge in [-0.05, 0) is 31.0 Å². The Kier molecular flexibility index (Phi) is 5.06. The number of oxazole rings is 1. The van der Waals surface area contributed by atoms with Crippen LogP contribution in [0.3, 0.4) is 0 Å². The SMILES string of the molecule is CCC(CC)C(=O)N1CCN(C(=O)c2ccc3oc(C)nc3c2)CC1. The second kappa shape index (κ2) is 7.25. The Morgan fingerprint density at radius 2 is 1.76 bits per heavy atom. The van der Waals surface area contributed by atoms with Gasteiger partial charge in [-0.3, -0.25) is 9.59 Å². The molecule has 1 saturated heterocycles. The number of nitrogens with zero attached hydrogens (tertiary/aromatic N) is 3. The number of hydrogen-bond acceptors (Lipinski definition) is 4. The Morgan fingerprint density at radius 3 is 2.40 bits per heavy atom. The molecular weight excluding hydrogens is 318 g/mol. The summed E-state index contributed by atoms with van der Waals surface area (Å²) < 4.78 is 5.45. The van der Waals surface area contributed by atoms with E-state index in [9.17, 15) is 9.59 Å². The molecule has 6 nitrogen and oxygen atoms in total. The Labute approximate surface area is 147 Å². The van der Waals surface area contributed by atoms with Gasteiger partial charge in [-0.25, -0.2) is 4.98 Å². The zero-order valence-corrected chi connectivity index (χ0v) is 15.1. The molecule has 2 heterocycles. The van der Waals surface area contributed by atoms with Crippen LogP contribution in [0.2, 0.25) is 0 Å². The molecule has 0 bridgehead atoms. The van der Waals surface area contributed by atoms with E-state index in [-0.39, 0.29) is 17.7 Å². The van der Waals surface area contributed by atoms with E-state index in [1.807, 2.05) is 23.6 Å². The highest BCUT2D eigenvalue weighted by Crippen LogP contribution is 2.19. The van der Waals surface area contributed by atoms with Crippen LogP contribution < -0.4 is 0 Å². The number of carbonyl (C=O) groups excluding carboxylic acids is 2. The van der Waals surface area contributed by atoms with E-state index >= 15 is 0 Å². The molecule has 1 fully saturated rings. The van der Waals surface area contributed by atoms with Gasteiger partial charge in [0.1, 0.15) is 5.52 Å². The zero-order chi connectivity index (χ0) is 18.0. The van der Waals surface area contributed by atoms with Gasteiger partial charge in [-0.1, -0.05) is 13.8 Å². The van der Waals surface area contributed by atoms with Crippen LogP contribution in [-0.4, -0.2) is 52.8 Å². The summed E-state index contributed by atoms with van der Waals surface area (Å²) in [5.74, 6) is 0.891. The van der Waals surface area contributed by atoms with Gasteiger partial charge in [-0.2, -0.15) is 0 Å². The van der Waals surface area contributed by atoms with E-state index in [4.69, 9.17) is 4.42 Å². The number of carbonyl (C=O) groups is 2. The van der Waals surface area contributed by atoms with Crippen molar-refractivity contribution in [3.05, 3.63) is 29.7 Å². The van der Waals surface area contributed by atoms with Crippen molar-refractivity contribution >= 4 is 22.9 Å². The van der Waals surface area contributed by atoms with E-state index in [1.165, 1.54) is 0 Å². The van der Waals surface area contributed by atoms with Crippen molar-refractivity contribution < 1.29 is 14.0 Å². The van der Waals surface area contributed by atoms with E-state index in [0.717, 1.165) is 12.8 Å². The summed E-state index contributed by atoms with van der Waals surface area (Å²) in [7, 11) is 0. The standard InChI is InChI=1S/C19H25N3O3/c1-4-14(5-2)18(23)21-8-10-22(11-9-21)19(24)15-6-7-17-16(12-15)20-13(3)25-17/h6-7,12,14H,4-5,8-11H2,1-3H3. The van der Waals surface area contributed by atoms with E-state index in [2.05, 4.69) is 4.98 Å². The number of fused-ring (bicyclic) bond motifs is 1. The quantitative estimate of drug-likeness (QED) is 0.856. The van der Waals surface area contributed by atoms with Gasteiger partial charge in [0.05, 0.1) is 0 Å². The highest BCUT2D eigenvalue weighted by molar-refractivity contribution is 5.97. The fourth-order valence-corrected chi connectivity index (χ4v) is 3.38. The van der Waals surface area contributed by atoms with Crippen LogP contribution in [0.4, 0.5) is 0 Å². The van der Waals surface area contributed by atoms with Crippen molar-refractivity contribution in [3.8, 4) is 0 Å². The molecule has 1 aromatic heterocycles. The number of benzene rings is 1. The lowest BCUT2D eigenvalue weighted by Crippen LogP contribution is -2.51. The minimum Gasteiger partial charge on any atom is -0.441 e. The van der Waals surface area contributed by atoms with Gasteiger partial charge >= 0.3 is 0 Å². The van der Waals surface area contributed by atoms with Gasteiger partial charge in [0.25, 0.3) is 5.91 Å². The third kappa shape index (κ3) is 3.52. The minimum atomic E-state index is -0.0165. The predicted molar refractivity (Wildman–Crippen MR) is 95.3 cm³/mol. The highest BCUT2D eigenvalue weighted by Gasteiger charge is 2.27. The van der Waals surface area contributed by atoms with Crippen molar-refractivity contribution in [2.75, 3.05) is 26.2 Å². The Hall–Kier alpha value is -2.37. The van der Waals surface area contributed by atoms with Crippen LogP contribution in [0.5, 0.6) is 0 Å². The first kappa shape index (κ1) is 17.5. The summed E-state index contributed by atoms with van der Waals surface area (Å²) in [5.41, 5.74) is 2.00. The van der Waals surface area contributed by atoms with Crippen LogP contribution in [0, 0.1) is 12.8 Å². The van der Waals surface area contributed by atoms with E-state index in [0.29, 0.717) is 48.7 Å². The molecule has 6 heteroatoms. The minimum absolute atomic E-state index is 0.0165. The molecule has 0 aliphatic carbocycles. The molecule has 2 amide bonds. The van der Waals surface area contributed by atoms with Crippen LogP contribution in [0.15, 0.2) is 22.6 Å². The van der Waals surface area contributed by atoms with Crippen LogP contribution in [0.25, 0.3) is 11.1 Å². The second-order valence-electron chi connectivity index (χ2n) is 6.55. The van der Waals surface area contributed by atoms with Gasteiger partial charge in [0, 0.05) is 44.6 Å². The van der Waals surface area contributed by atoms with E-state index in [1.54, 1.807) is 25.1 Å². The maximum Gasteiger partial charge on any atom is 0.254 e. The molecule has 3 rings (SSSR count). The maximum absolute atomic E-state index is 12.7. The van der Waals surface area contributed by atoms with Gasteiger partial charge in [0.15, 0.2) is 11.5 Å². The summed E-state index contributed by atoms with van der Waals surface area (Å²) in [6.45, 7) is 8.23. The number of amides is 2. The summed E-state index contributed by atoms with van der Waals surface area (Å²) in [5, 5.41) is 0. The third-order valence-electron chi connectivity index (χ3n) is 4.95. The van der Waals surface area contributed by atoms with E-state index < -0.39 is 0 Å². The molecular formula is C19H25N3O3. The smallest absolute Gasteiger partial charge is 0.254 e. The van der Waals surface area contributed by atoms with Gasteiger partial charge in [0.2, 0.25) is 5.91 Å². The molecule has 1 aliphatic rings. The first-order valence-electron chi connectivity index (χ1n) is 8.98. The van der Waals surface area contributed by atoms with Crippen molar-refractivity contribution in [3.63, 3.8) is 0 Å². The third-order valence-corrected chi connectivity index (χ3v) is 4.95.